The van der Waals surface area contributed by atoms with Gasteiger partial charge in [-0.1, -0.05) is 17.8 Å². The number of aryl methyl sites for hydroxylation is 2. The summed E-state index contributed by atoms with van der Waals surface area (Å²) in [4.78, 5) is 15.6. The maximum atomic E-state index is 12.9. The van der Waals surface area contributed by atoms with E-state index in [1.165, 1.54) is 30.8 Å². The van der Waals surface area contributed by atoms with Gasteiger partial charge >= 0.3 is 0 Å². The minimum absolute atomic E-state index is 0.0761. The lowest BCUT2D eigenvalue weighted by molar-refractivity contribution is 0.0706. The molecule has 2 aromatic rings. The Balaban J connectivity index is 1.54. The first-order valence-corrected chi connectivity index (χ1v) is 10.1. The molecule has 134 valence electrons. The van der Waals surface area contributed by atoms with Crippen molar-refractivity contribution in [1.29, 1.82) is 0 Å². The van der Waals surface area contributed by atoms with E-state index in [1.54, 1.807) is 0 Å². The van der Waals surface area contributed by atoms with Crippen molar-refractivity contribution < 1.29 is 4.79 Å². The zero-order chi connectivity index (χ0) is 17.2. The molecule has 1 saturated heterocycles. The Bertz CT molecular complexity index is 754. The maximum absolute atomic E-state index is 12.9. The number of aromatic nitrogens is 5. The Morgan fingerprint density at radius 2 is 2.08 bits per heavy atom. The van der Waals surface area contributed by atoms with E-state index in [-0.39, 0.29) is 11.8 Å². The average Bonchev–Trinajstić information content (AvgIpc) is 3.22. The summed E-state index contributed by atoms with van der Waals surface area (Å²) in [6.07, 6.45) is 7.50. The van der Waals surface area contributed by atoms with Crippen LogP contribution in [0.1, 0.15) is 72.0 Å². The molecule has 4 heterocycles. The predicted molar refractivity (Wildman–Crippen MR) is 94.7 cm³/mol. The second-order valence-corrected chi connectivity index (χ2v) is 7.68. The highest BCUT2D eigenvalue weighted by atomic mass is 32.1. The number of rotatable bonds is 3. The molecule has 0 N–H and O–H groups in total. The van der Waals surface area contributed by atoms with E-state index in [0.29, 0.717) is 4.88 Å². The first-order chi connectivity index (χ1) is 12.3. The fraction of sp³-hybridized carbons (Fsp3) is 0.706. The summed E-state index contributed by atoms with van der Waals surface area (Å²) in [6, 6.07) is 0. The van der Waals surface area contributed by atoms with Crippen LogP contribution in [0.4, 0.5) is 0 Å². The lowest BCUT2D eigenvalue weighted by Crippen LogP contribution is -2.39. The molecule has 0 aromatic carbocycles. The second kappa shape index (κ2) is 7.19. The van der Waals surface area contributed by atoms with Crippen molar-refractivity contribution in [3.8, 4) is 0 Å². The fourth-order valence-electron chi connectivity index (χ4n) is 3.93. The van der Waals surface area contributed by atoms with Gasteiger partial charge in [0.1, 0.15) is 16.5 Å². The largest absolute Gasteiger partial charge is 0.337 e. The highest BCUT2D eigenvalue weighted by molar-refractivity contribution is 7.08. The Morgan fingerprint density at radius 1 is 1.16 bits per heavy atom. The molecule has 2 aliphatic rings. The molecular weight excluding hydrogens is 336 g/mol. The molecule has 4 rings (SSSR count). The Labute approximate surface area is 151 Å². The summed E-state index contributed by atoms with van der Waals surface area (Å²) in [5, 5.41) is 13.0. The van der Waals surface area contributed by atoms with E-state index < -0.39 is 0 Å². The first-order valence-electron chi connectivity index (χ1n) is 9.30. The number of likely N-dealkylation sites (tertiary alicyclic amines) is 1. The maximum Gasteiger partial charge on any atom is 0.267 e. The van der Waals surface area contributed by atoms with Crippen LogP contribution in [0.15, 0.2) is 0 Å². The molecule has 1 atom stereocenters. The number of hydrogen-bond donors (Lipinski definition) is 0. The highest BCUT2D eigenvalue weighted by Gasteiger charge is 2.31. The molecule has 0 radical (unpaired) electrons. The van der Waals surface area contributed by atoms with Crippen LogP contribution in [0.5, 0.6) is 0 Å². The Kier molecular flexibility index (Phi) is 4.78. The van der Waals surface area contributed by atoms with Crippen molar-refractivity contribution in [2.75, 3.05) is 13.1 Å². The van der Waals surface area contributed by atoms with Crippen molar-refractivity contribution in [1.82, 2.24) is 29.3 Å². The minimum Gasteiger partial charge on any atom is -0.337 e. The van der Waals surface area contributed by atoms with Crippen LogP contribution in [0.2, 0.25) is 0 Å². The van der Waals surface area contributed by atoms with Crippen LogP contribution in [0, 0.1) is 0 Å². The van der Waals surface area contributed by atoms with Crippen LogP contribution in [-0.4, -0.2) is 48.2 Å². The number of nitrogens with zero attached hydrogens (tertiary/aromatic N) is 6. The number of carbonyl (C=O) groups excluding carboxylic acids is 1. The number of hydrogen-bond acceptors (Lipinski definition) is 6. The third-order valence-corrected chi connectivity index (χ3v) is 6.05. The topological polar surface area (TPSA) is 76.8 Å². The van der Waals surface area contributed by atoms with Crippen molar-refractivity contribution >= 4 is 17.4 Å². The number of piperidine rings is 1. The molecular formula is C17H24N6OS. The standard InChI is InChI=1S/C17H24N6OS/c1-2-13-15(25-21-18-13)17(24)22-9-6-7-12(11-22)16-20-19-14-8-4-3-5-10-23(14)16/h12H,2-11H2,1H3. The molecule has 0 aliphatic carbocycles. The zero-order valence-corrected chi connectivity index (χ0v) is 15.5. The van der Waals surface area contributed by atoms with Gasteiger partial charge in [0.25, 0.3) is 5.91 Å². The molecule has 0 saturated carbocycles. The normalized spacial score (nSPS) is 21.0. The quantitative estimate of drug-likeness (QED) is 0.840. The number of fused-ring (bicyclic) bond motifs is 1. The van der Waals surface area contributed by atoms with Crippen LogP contribution >= 0.6 is 11.5 Å². The van der Waals surface area contributed by atoms with Gasteiger partial charge in [-0.25, -0.2) is 0 Å². The minimum atomic E-state index is 0.0761. The lowest BCUT2D eigenvalue weighted by atomic mass is 9.96. The molecule has 1 amide bonds. The third kappa shape index (κ3) is 3.19. The number of amides is 1. The molecule has 0 spiro atoms. The van der Waals surface area contributed by atoms with Gasteiger partial charge in [0.15, 0.2) is 0 Å². The van der Waals surface area contributed by atoms with E-state index in [4.69, 9.17) is 0 Å². The van der Waals surface area contributed by atoms with E-state index in [9.17, 15) is 4.79 Å². The smallest absolute Gasteiger partial charge is 0.267 e. The van der Waals surface area contributed by atoms with Crippen LogP contribution in [0.3, 0.4) is 0 Å². The van der Waals surface area contributed by atoms with E-state index >= 15 is 0 Å². The van der Waals surface area contributed by atoms with E-state index in [0.717, 1.165) is 62.7 Å². The van der Waals surface area contributed by atoms with E-state index in [1.807, 2.05) is 11.8 Å². The van der Waals surface area contributed by atoms with Crippen molar-refractivity contribution in [2.45, 2.75) is 64.3 Å². The predicted octanol–water partition coefficient (Wildman–Crippen LogP) is 2.44. The second-order valence-electron chi connectivity index (χ2n) is 6.93. The van der Waals surface area contributed by atoms with Gasteiger partial charge in [-0.05, 0) is 43.6 Å². The fourth-order valence-corrected chi connectivity index (χ4v) is 4.65. The van der Waals surface area contributed by atoms with Gasteiger partial charge in [0, 0.05) is 32.0 Å². The van der Waals surface area contributed by atoms with Gasteiger partial charge in [-0.15, -0.1) is 15.3 Å². The first kappa shape index (κ1) is 16.6. The van der Waals surface area contributed by atoms with Gasteiger partial charge in [0.2, 0.25) is 0 Å². The molecule has 0 bridgehead atoms. The monoisotopic (exact) mass is 360 g/mol. The van der Waals surface area contributed by atoms with Gasteiger partial charge in [0.05, 0.1) is 5.69 Å². The van der Waals surface area contributed by atoms with Gasteiger partial charge in [-0.3, -0.25) is 4.79 Å². The summed E-state index contributed by atoms with van der Waals surface area (Å²) < 4.78 is 6.28. The van der Waals surface area contributed by atoms with Crippen LogP contribution < -0.4 is 0 Å². The SMILES string of the molecule is CCc1nnsc1C(=O)N1CCCC(c2nnc3n2CCCCC3)C1. The average molecular weight is 360 g/mol. The molecule has 1 unspecified atom stereocenters. The summed E-state index contributed by atoms with van der Waals surface area (Å²) >= 11 is 1.21. The molecule has 2 aromatic heterocycles. The van der Waals surface area contributed by atoms with Crippen LogP contribution in [-0.2, 0) is 19.4 Å². The van der Waals surface area contributed by atoms with Gasteiger partial charge in [-0.2, -0.15) is 0 Å². The number of carbonyl (C=O) groups is 1. The van der Waals surface area contributed by atoms with Crippen molar-refractivity contribution in [2.24, 2.45) is 0 Å². The molecule has 8 heteroatoms. The van der Waals surface area contributed by atoms with E-state index in [2.05, 4.69) is 24.4 Å². The summed E-state index contributed by atoms with van der Waals surface area (Å²) in [5.41, 5.74) is 0.813. The molecule has 7 nitrogen and oxygen atoms in total. The highest BCUT2D eigenvalue weighted by Crippen LogP contribution is 2.29. The Morgan fingerprint density at radius 3 is 2.96 bits per heavy atom. The lowest BCUT2D eigenvalue weighted by Gasteiger charge is -2.32. The summed E-state index contributed by atoms with van der Waals surface area (Å²) in [6.45, 7) is 4.55. The zero-order valence-electron chi connectivity index (χ0n) is 14.6. The summed E-state index contributed by atoms with van der Waals surface area (Å²) in [7, 11) is 0. The van der Waals surface area contributed by atoms with Crippen molar-refractivity contribution in [3.63, 3.8) is 0 Å². The molecule has 25 heavy (non-hydrogen) atoms. The third-order valence-electron chi connectivity index (χ3n) is 5.30. The van der Waals surface area contributed by atoms with Crippen molar-refractivity contribution in [3.05, 3.63) is 22.2 Å². The molecule has 1 fully saturated rings. The Hall–Kier alpha value is -1.83. The van der Waals surface area contributed by atoms with Gasteiger partial charge < -0.3 is 9.47 Å². The summed E-state index contributed by atoms with van der Waals surface area (Å²) in [5.74, 6) is 2.55. The molecule has 2 aliphatic heterocycles. The van der Waals surface area contributed by atoms with Crippen LogP contribution in [0.25, 0.3) is 0 Å².